The van der Waals surface area contributed by atoms with Crippen molar-refractivity contribution in [2.45, 2.75) is 59.2 Å². The van der Waals surface area contributed by atoms with Gasteiger partial charge >= 0.3 is 0 Å². The lowest BCUT2D eigenvalue weighted by atomic mass is 10.1. The van der Waals surface area contributed by atoms with E-state index < -0.39 is 0 Å². The van der Waals surface area contributed by atoms with Gasteiger partial charge in [-0.1, -0.05) is 155 Å². The molecule has 0 N–H and O–H groups in total. The van der Waals surface area contributed by atoms with Crippen molar-refractivity contribution in [3.63, 3.8) is 0 Å². The Balaban J connectivity index is 1.05. The fourth-order valence-corrected chi connectivity index (χ4v) is 8.82. The summed E-state index contributed by atoms with van der Waals surface area (Å²) in [5.74, 6) is 2.37. The lowest BCUT2D eigenvalue weighted by Crippen LogP contribution is -2.34. The number of hydrogen-bond donors (Lipinski definition) is 0. The van der Waals surface area contributed by atoms with E-state index >= 15 is 0 Å². The van der Waals surface area contributed by atoms with Crippen LogP contribution in [-0.4, -0.2) is 24.6 Å². The Morgan fingerprint density at radius 3 is 1.65 bits per heavy atom. The molecule has 0 aliphatic carbocycles. The summed E-state index contributed by atoms with van der Waals surface area (Å²) in [6.45, 7) is 12.9. The molecule has 1 aromatic heterocycles. The van der Waals surface area contributed by atoms with E-state index in [1.54, 1.807) is 6.08 Å². The van der Waals surface area contributed by atoms with E-state index in [2.05, 4.69) is 199 Å². The molecule has 1 heterocycles. The third-order valence-electron chi connectivity index (χ3n) is 9.75. The van der Waals surface area contributed by atoms with E-state index in [-0.39, 0.29) is 0 Å². The van der Waals surface area contributed by atoms with Crippen LogP contribution < -0.4 is 14.4 Å². The minimum atomic E-state index is 0.922. The van der Waals surface area contributed by atoms with Crippen LogP contribution in [0.25, 0.3) is 18.2 Å². The summed E-state index contributed by atoms with van der Waals surface area (Å²) in [6.07, 6.45) is 23.6. The van der Waals surface area contributed by atoms with Crippen molar-refractivity contribution in [1.29, 1.82) is 0 Å². The Bertz CT molecular complexity index is 2000. The maximum atomic E-state index is 3.73. The molecule has 0 saturated carbocycles. The van der Waals surface area contributed by atoms with Crippen molar-refractivity contribution in [1.82, 2.24) is 0 Å². The average molecular weight is 791 g/mol. The maximum absolute atomic E-state index is 3.73. The van der Waals surface area contributed by atoms with Gasteiger partial charge in [0.05, 0.1) is 0 Å². The van der Waals surface area contributed by atoms with E-state index in [4.69, 9.17) is 0 Å². The number of hydrogen-bond acceptors (Lipinski definition) is 4. The fraction of sp³-hybridized carbons (Fsp3) is 0.250. The number of aryl methyl sites for hydroxylation is 1. The van der Waals surface area contributed by atoms with Crippen LogP contribution in [-0.2, 0) is 19.6 Å². The van der Waals surface area contributed by atoms with Crippen molar-refractivity contribution < 1.29 is 4.57 Å². The first-order chi connectivity index (χ1) is 28.1. The first kappa shape index (κ1) is 43.2. The second-order valence-corrected chi connectivity index (χ2v) is 16.9. The Morgan fingerprint density at radius 2 is 1.12 bits per heavy atom. The zero-order valence-electron chi connectivity index (χ0n) is 34.0. The number of nitrogens with zero attached hydrogens (tertiary/aromatic N) is 3. The molecule has 3 nitrogen and oxygen atoms in total. The second kappa shape index (κ2) is 25.3. The monoisotopic (exact) mass is 790 g/mol. The summed E-state index contributed by atoms with van der Waals surface area (Å²) >= 11 is 0. The van der Waals surface area contributed by atoms with Crippen LogP contribution in [0.3, 0.4) is 0 Å². The molecule has 0 atom stereocenters. The van der Waals surface area contributed by atoms with Crippen molar-refractivity contribution in [2.24, 2.45) is 0 Å². The van der Waals surface area contributed by atoms with Crippen molar-refractivity contribution in [3.8, 4) is 0 Å². The van der Waals surface area contributed by atoms with Gasteiger partial charge in [0.1, 0.15) is 6.54 Å². The largest absolute Gasteiger partial charge is 0.367 e. The molecule has 0 radical (unpaired) electrons. The summed E-state index contributed by atoms with van der Waals surface area (Å²) < 4.78 is 2.26. The number of unbranched alkanes of at least 4 members (excludes halogenated alkanes) is 2. The minimum Gasteiger partial charge on any atom is -0.367 e. The zero-order chi connectivity index (χ0) is 39.8. The number of pyridine rings is 1. The van der Waals surface area contributed by atoms with Crippen LogP contribution in [0, 0.1) is 0 Å². The molecule has 0 aliphatic rings. The topological polar surface area (TPSA) is 10.4 Å². The molecule has 0 saturated heterocycles. The van der Waals surface area contributed by atoms with Gasteiger partial charge in [-0.3, -0.25) is 0 Å². The van der Waals surface area contributed by atoms with Crippen molar-refractivity contribution in [3.05, 3.63) is 204 Å². The van der Waals surface area contributed by atoms with Crippen LogP contribution in [0.5, 0.6) is 0 Å². The predicted octanol–water partition coefficient (Wildman–Crippen LogP) is 13.5. The van der Waals surface area contributed by atoms with Crippen LogP contribution in [0.4, 0.5) is 11.4 Å². The van der Waals surface area contributed by atoms with Crippen LogP contribution in [0.2, 0.25) is 0 Å². The highest BCUT2D eigenvalue weighted by molar-refractivity contribution is 8.76. The second-order valence-electron chi connectivity index (χ2n) is 14.2. The molecule has 5 aromatic rings. The first-order valence-electron chi connectivity index (χ1n) is 20.4. The smallest absolute Gasteiger partial charge is 0.205 e. The fourth-order valence-electron chi connectivity index (χ4n) is 6.52. The Hall–Kier alpha value is -4.97. The Morgan fingerprint density at radius 1 is 0.596 bits per heavy atom. The molecule has 0 unspecified atom stereocenters. The Labute approximate surface area is 351 Å². The van der Waals surface area contributed by atoms with E-state index in [0.29, 0.717) is 0 Å². The van der Waals surface area contributed by atoms with Crippen LogP contribution >= 0.6 is 21.6 Å². The zero-order valence-corrected chi connectivity index (χ0v) is 35.6. The highest BCUT2D eigenvalue weighted by Gasteiger charge is 2.10. The Kier molecular flexibility index (Phi) is 19.2. The van der Waals surface area contributed by atoms with Gasteiger partial charge in [0.2, 0.25) is 5.69 Å². The standard InChI is InChI=1S/C52H60N3S2/c1-4-6-9-20-45(3)26-27-46-29-34-51(35-30-46)54(43-48-21-10-7-11-22-48)39-16-18-41-56-57-42-19-17-40-55(44-49-23-12-8-13-24-49)52-36-31-47(32-37-52)28-33-50-25-14-15-38-53(50)5-2/h4,6-15,20-38H,1,5,16-19,39-44H2,2-3H3/q+1/b9-6-,27-26+,45-20+. The SMILES string of the molecule is C=C\C=C/C=C(C)/C=C/c1ccc(N(CCCCSSCCCCN(Cc2ccccc2)c2ccc(/C=C/c3cccc[n+]3CC)cc2)Cc2ccccc2)cc1. The summed E-state index contributed by atoms with van der Waals surface area (Å²) in [5.41, 5.74) is 10.1. The predicted molar refractivity (Wildman–Crippen MR) is 255 cm³/mol. The van der Waals surface area contributed by atoms with Gasteiger partial charge in [0.25, 0.3) is 0 Å². The summed E-state index contributed by atoms with van der Waals surface area (Å²) in [6, 6.07) is 46.1. The van der Waals surface area contributed by atoms with Gasteiger partial charge in [0, 0.05) is 67.3 Å². The van der Waals surface area contributed by atoms with Gasteiger partial charge in [-0.25, -0.2) is 0 Å². The molecule has 0 aliphatic heterocycles. The molecule has 0 amide bonds. The number of allylic oxidation sites excluding steroid dienone is 6. The molecule has 0 fully saturated rings. The summed E-state index contributed by atoms with van der Waals surface area (Å²) in [7, 11) is 4.08. The highest BCUT2D eigenvalue weighted by Crippen LogP contribution is 2.26. The number of rotatable bonds is 24. The highest BCUT2D eigenvalue weighted by atomic mass is 33.1. The van der Waals surface area contributed by atoms with Gasteiger partial charge in [-0.15, -0.1) is 0 Å². The van der Waals surface area contributed by atoms with E-state index in [1.807, 2.05) is 33.7 Å². The molecule has 0 spiro atoms. The molecule has 5 rings (SSSR count). The number of anilines is 2. The molecular weight excluding hydrogens is 731 g/mol. The van der Waals surface area contributed by atoms with Gasteiger partial charge in [-0.05, 0) is 98.2 Å². The van der Waals surface area contributed by atoms with Crippen LogP contribution in [0.15, 0.2) is 176 Å². The molecular formula is C52H60N3S2+. The van der Waals surface area contributed by atoms with E-state index in [0.717, 1.165) is 32.7 Å². The van der Waals surface area contributed by atoms with Crippen molar-refractivity contribution in [2.75, 3.05) is 34.4 Å². The third kappa shape index (κ3) is 15.8. The average Bonchev–Trinajstić information content (AvgIpc) is 3.26. The summed E-state index contributed by atoms with van der Waals surface area (Å²) in [4.78, 5) is 5.07. The number of benzene rings is 4. The third-order valence-corrected chi connectivity index (χ3v) is 12.3. The van der Waals surface area contributed by atoms with Gasteiger partial charge in [-0.2, -0.15) is 4.57 Å². The van der Waals surface area contributed by atoms with Gasteiger partial charge in [0.15, 0.2) is 6.20 Å². The minimum absolute atomic E-state index is 0.922. The molecule has 0 bridgehead atoms. The number of aromatic nitrogens is 1. The van der Waals surface area contributed by atoms with Crippen molar-refractivity contribution >= 4 is 51.2 Å². The van der Waals surface area contributed by atoms with Gasteiger partial charge < -0.3 is 9.80 Å². The lowest BCUT2D eigenvalue weighted by Gasteiger charge is -2.25. The molecule has 4 aromatic carbocycles. The molecule has 294 valence electrons. The van der Waals surface area contributed by atoms with Crippen LogP contribution in [0.1, 0.15) is 67.5 Å². The van der Waals surface area contributed by atoms with E-state index in [9.17, 15) is 0 Å². The first-order valence-corrected chi connectivity index (χ1v) is 22.9. The summed E-state index contributed by atoms with van der Waals surface area (Å²) in [5, 5.41) is 0. The quantitative estimate of drug-likeness (QED) is 0.0267. The van der Waals surface area contributed by atoms with E-state index in [1.165, 1.54) is 82.1 Å². The molecule has 57 heavy (non-hydrogen) atoms. The lowest BCUT2D eigenvalue weighted by molar-refractivity contribution is -0.695. The normalized spacial score (nSPS) is 11.9. The maximum Gasteiger partial charge on any atom is 0.205 e. The molecule has 5 heteroatoms.